The number of phenolic OH excluding ortho intramolecular Hbond substituents is 2. The Morgan fingerprint density at radius 3 is 2.89 bits per heavy atom. The molecule has 7 heteroatoms. The molecule has 0 unspecified atom stereocenters. The van der Waals surface area contributed by atoms with Gasteiger partial charge in [0.15, 0.2) is 5.82 Å². The van der Waals surface area contributed by atoms with Gasteiger partial charge in [0.1, 0.15) is 11.5 Å². The molecule has 3 N–H and O–H groups in total. The number of aromatic hydroxyl groups is 2. The molecule has 18 heavy (non-hydrogen) atoms. The first-order valence-electron chi connectivity index (χ1n) is 5.15. The lowest BCUT2D eigenvalue weighted by Crippen LogP contribution is -2.23. The van der Waals surface area contributed by atoms with Crippen molar-refractivity contribution in [2.75, 3.05) is 0 Å². The maximum atomic E-state index is 11.7. The van der Waals surface area contributed by atoms with E-state index in [1.54, 1.807) is 6.92 Å². The van der Waals surface area contributed by atoms with E-state index in [1.807, 2.05) is 0 Å². The third-order valence-corrected chi connectivity index (χ3v) is 2.20. The summed E-state index contributed by atoms with van der Waals surface area (Å²) in [6.45, 7) is 1.71. The highest BCUT2D eigenvalue weighted by atomic mass is 16.5. The first-order chi connectivity index (χ1) is 8.56. The van der Waals surface area contributed by atoms with Gasteiger partial charge in [0, 0.05) is 6.92 Å². The Morgan fingerprint density at radius 1 is 1.44 bits per heavy atom. The van der Waals surface area contributed by atoms with Gasteiger partial charge < -0.3 is 20.1 Å². The van der Waals surface area contributed by atoms with Crippen LogP contribution in [0.15, 0.2) is 22.7 Å². The third kappa shape index (κ3) is 2.57. The molecule has 0 radical (unpaired) electrons. The summed E-state index contributed by atoms with van der Waals surface area (Å²) in [5, 5.41) is 24.8. The molecule has 0 fully saturated rings. The van der Waals surface area contributed by atoms with Gasteiger partial charge in [-0.25, -0.2) is 0 Å². The highest BCUT2D eigenvalue weighted by molar-refractivity contribution is 5.97. The Balaban J connectivity index is 2.05. The topological polar surface area (TPSA) is 108 Å². The van der Waals surface area contributed by atoms with Gasteiger partial charge in [-0.2, -0.15) is 4.98 Å². The summed E-state index contributed by atoms with van der Waals surface area (Å²) in [6.07, 6.45) is 0. The molecule has 0 saturated heterocycles. The summed E-state index contributed by atoms with van der Waals surface area (Å²) < 4.78 is 4.74. The molecule has 7 nitrogen and oxygen atoms in total. The average molecular weight is 249 g/mol. The van der Waals surface area contributed by atoms with E-state index < -0.39 is 5.91 Å². The van der Waals surface area contributed by atoms with Crippen LogP contribution in [0, 0.1) is 6.92 Å². The summed E-state index contributed by atoms with van der Waals surface area (Å²) in [4.78, 5) is 15.6. The molecule has 0 aliphatic rings. The van der Waals surface area contributed by atoms with Gasteiger partial charge in [-0.05, 0) is 18.2 Å². The number of carbonyl (C=O) groups excluding carboxylic acids is 1. The quantitative estimate of drug-likeness (QED) is 0.691. The predicted molar refractivity (Wildman–Crippen MR) is 60.0 cm³/mol. The third-order valence-electron chi connectivity index (χ3n) is 2.20. The molecule has 2 aromatic rings. The van der Waals surface area contributed by atoms with Gasteiger partial charge in [0.2, 0.25) is 5.89 Å². The lowest BCUT2D eigenvalue weighted by atomic mass is 10.2. The second-order valence-corrected chi connectivity index (χ2v) is 3.61. The van der Waals surface area contributed by atoms with E-state index in [0.717, 1.165) is 0 Å². The van der Waals surface area contributed by atoms with Crippen molar-refractivity contribution in [3.63, 3.8) is 0 Å². The van der Waals surface area contributed by atoms with Gasteiger partial charge in [-0.3, -0.25) is 4.79 Å². The molecule has 1 amide bonds. The van der Waals surface area contributed by atoms with E-state index in [4.69, 9.17) is 4.52 Å². The largest absolute Gasteiger partial charge is 0.508 e. The van der Waals surface area contributed by atoms with Crippen molar-refractivity contribution in [1.29, 1.82) is 0 Å². The van der Waals surface area contributed by atoms with E-state index in [-0.39, 0.29) is 23.6 Å². The molecule has 0 atom stereocenters. The fraction of sp³-hybridized carbons (Fsp3) is 0.182. The SMILES string of the molecule is Cc1nc(CNC(=O)c2cc(O)ccc2O)no1. The van der Waals surface area contributed by atoms with Crippen LogP contribution in [0.2, 0.25) is 0 Å². The zero-order chi connectivity index (χ0) is 13.1. The number of hydrogen-bond acceptors (Lipinski definition) is 6. The van der Waals surface area contributed by atoms with E-state index >= 15 is 0 Å². The number of hydrogen-bond donors (Lipinski definition) is 3. The summed E-state index contributed by atoms with van der Waals surface area (Å²) in [5.41, 5.74) is -0.0183. The van der Waals surface area contributed by atoms with Crippen LogP contribution in [0.5, 0.6) is 11.5 Å². The number of aryl methyl sites for hydroxylation is 1. The van der Waals surface area contributed by atoms with Crippen molar-refractivity contribution in [3.05, 3.63) is 35.5 Å². The number of aromatic nitrogens is 2. The highest BCUT2D eigenvalue weighted by Crippen LogP contribution is 2.21. The van der Waals surface area contributed by atoms with E-state index in [0.29, 0.717) is 11.7 Å². The van der Waals surface area contributed by atoms with E-state index in [9.17, 15) is 15.0 Å². The second-order valence-electron chi connectivity index (χ2n) is 3.61. The Kier molecular flexibility index (Phi) is 3.13. The molecule has 0 aliphatic heterocycles. The number of carbonyl (C=O) groups is 1. The maximum absolute atomic E-state index is 11.7. The Bertz CT molecular complexity index is 579. The molecule has 0 spiro atoms. The van der Waals surface area contributed by atoms with Crippen LogP contribution >= 0.6 is 0 Å². The Hall–Kier alpha value is -2.57. The zero-order valence-corrected chi connectivity index (χ0v) is 9.54. The molecule has 1 aromatic heterocycles. The van der Waals surface area contributed by atoms with Gasteiger partial charge in [0.25, 0.3) is 5.91 Å². The maximum Gasteiger partial charge on any atom is 0.255 e. The van der Waals surface area contributed by atoms with Crippen molar-refractivity contribution < 1.29 is 19.5 Å². The molecular weight excluding hydrogens is 238 g/mol. The molecule has 2 rings (SSSR count). The molecule has 1 heterocycles. The lowest BCUT2D eigenvalue weighted by molar-refractivity contribution is 0.0946. The minimum Gasteiger partial charge on any atom is -0.508 e. The number of phenols is 2. The number of amides is 1. The molecule has 1 aromatic carbocycles. The summed E-state index contributed by atoms with van der Waals surface area (Å²) >= 11 is 0. The minimum absolute atomic E-state index is 0.0183. The fourth-order valence-electron chi connectivity index (χ4n) is 1.37. The normalized spacial score (nSPS) is 10.3. The van der Waals surface area contributed by atoms with Gasteiger partial charge in [-0.1, -0.05) is 5.16 Å². The number of nitrogens with zero attached hydrogens (tertiary/aromatic N) is 2. The first kappa shape index (κ1) is 11.9. The van der Waals surface area contributed by atoms with Crippen LogP contribution in [-0.4, -0.2) is 26.3 Å². The molecule has 0 bridgehead atoms. The van der Waals surface area contributed by atoms with Crippen LogP contribution in [-0.2, 0) is 6.54 Å². The highest BCUT2D eigenvalue weighted by Gasteiger charge is 2.12. The smallest absolute Gasteiger partial charge is 0.255 e. The molecule has 0 aliphatic carbocycles. The zero-order valence-electron chi connectivity index (χ0n) is 9.54. The molecular formula is C11H11N3O4. The van der Waals surface area contributed by atoms with Crippen molar-refractivity contribution in [2.45, 2.75) is 13.5 Å². The van der Waals surface area contributed by atoms with Gasteiger partial charge in [0.05, 0.1) is 12.1 Å². The Morgan fingerprint density at radius 2 is 2.22 bits per heavy atom. The summed E-state index contributed by atoms with van der Waals surface area (Å²) in [6, 6.07) is 3.70. The van der Waals surface area contributed by atoms with Crippen molar-refractivity contribution in [1.82, 2.24) is 15.5 Å². The van der Waals surface area contributed by atoms with Crippen molar-refractivity contribution >= 4 is 5.91 Å². The summed E-state index contributed by atoms with van der Waals surface area (Å²) in [7, 11) is 0. The van der Waals surface area contributed by atoms with Crippen molar-refractivity contribution in [3.8, 4) is 11.5 Å². The van der Waals surface area contributed by atoms with Gasteiger partial charge >= 0.3 is 0 Å². The monoisotopic (exact) mass is 249 g/mol. The van der Waals surface area contributed by atoms with Crippen LogP contribution in [0.4, 0.5) is 0 Å². The van der Waals surface area contributed by atoms with Crippen LogP contribution in [0.3, 0.4) is 0 Å². The average Bonchev–Trinajstić information content (AvgIpc) is 2.75. The first-order valence-corrected chi connectivity index (χ1v) is 5.15. The number of rotatable bonds is 3. The molecule has 0 saturated carbocycles. The van der Waals surface area contributed by atoms with Crippen LogP contribution in [0.25, 0.3) is 0 Å². The van der Waals surface area contributed by atoms with Crippen LogP contribution in [0.1, 0.15) is 22.1 Å². The lowest BCUT2D eigenvalue weighted by Gasteiger charge is -2.05. The standard InChI is InChI=1S/C11H11N3O4/c1-6-13-10(14-18-6)5-12-11(17)8-4-7(15)2-3-9(8)16/h2-4,15-16H,5H2,1H3,(H,12,17). The van der Waals surface area contributed by atoms with Gasteiger partial charge in [-0.15, -0.1) is 0 Å². The van der Waals surface area contributed by atoms with Crippen LogP contribution < -0.4 is 5.32 Å². The fourth-order valence-corrected chi connectivity index (χ4v) is 1.37. The number of nitrogens with one attached hydrogen (secondary N) is 1. The second kappa shape index (κ2) is 4.74. The predicted octanol–water partition coefficient (Wildman–Crippen LogP) is 0.719. The Labute approximate surface area is 102 Å². The summed E-state index contributed by atoms with van der Waals surface area (Å²) in [5.74, 6) is -0.117. The van der Waals surface area contributed by atoms with E-state index in [1.165, 1.54) is 18.2 Å². The van der Waals surface area contributed by atoms with E-state index in [2.05, 4.69) is 15.5 Å². The van der Waals surface area contributed by atoms with Crippen molar-refractivity contribution in [2.24, 2.45) is 0 Å². The molecule has 94 valence electrons. The minimum atomic E-state index is -0.536. The number of benzene rings is 1.